The van der Waals surface area contributed by atoms with E-state index in [1.165, 1.54) is 5.56 Å². The van der Waals surface area contributed by atoms with Crippen molar-refractivity contribution < 1.29 is 23.7 Å². The minimum Gasteiger partial charge on any atom is -0.493 e. The van der Waals surface area contributed by atoms with Crippen LogP contribution in [0.3, 0.4) is 0 Å². The molecule has 1 aliphatic rings. The van der Waals surface area contributed by atoms with Crippen molar-refractivity contribution in [2.45, 2.75) is 45.4 Å². The van der Waals surface area contributed by atoms with E-state index in [0.717, 1.165) is 25.9 Å². The molecule has 2 atom stereocenters. The summed E-state index contributed by atoms with van der Waals surface area (Å²) < 4.78 is 22.4. The molecule has 1 fully saturated rings. The first-order valence-corrected chi connectivity index (χ1v) is 12.5. The number of hydrogen-bond acceptors (Lipinski definition) is 6. The van der Waals surface area contributed by atoms with E-state index in [1.807, 2.05) is 29.2 Å². The molecule has 0 aliphatic carbocycles. The summed E-state index contributed by atoms with van der Waals surface area (Å²) in [6.45, 7) is 8.19. The lowest BCUT2D eigenvalue weighted by molar-refractivity contribution is 0.0377. The Bertz CT molecular complexity index is 912. The van der Waals surface area contributed by atoms with Crippen LogP contribution in [0.2, 0.25) is 0 Å². The minimum absolute atomic E-state index is 0. The number of amides is 1. The van der Waals surface area contributed by atoms with Gasteiger partial charge in [-0.05, 0) is 49.9 Å². The molecule has 0 unspecified atom stereocenters. The third kappa shape index (κ3) is 8.66. The van der Waals surface area contributed by atoms with Crippen molar-refractivity contribution in [3.63, 3.8) is 0 Å². The van der Waals surface area contributed by atoms with Crippen molar-refractivity contribution in [3.05, 3.63) is 59.7 Å². The van der Waals surface area contributed by atoms with Crippen molar-refractivity contribution in [1.82, 2.24) is 10.2 Å². The SMILES string of the molecule is COCCCOc1cc(C(=O)N(C(C)C)[C@H]2CNC[C@@H](COCc3ccccc3)C2)ccc1OC.Cl. The molecule has 0 aromatic heterocycles. The van der Waals surface area contributed by atoms with Gasteiger partial charge in [-0.15, -0.1) is 12.4 Å². The van der Waals surface area contributed by atoms with Crippen LogP contribution in [0.1, 0.15) is 42.6 Å². The number of carbonyl (C=O) groups excluding carboxylic acids is 1. The number of benzene rings is 2. The number of halogens is 1. The minimum atomic E-state index is 0. The third-order valence-electron chi connectivity index (χ3n) is 6.23. The Morgan fingerprint density at radius 2 is 1.83 bits per heavy atom. The Morgan fingerprint density at radius 1 is 1.06 bits per heavy atom. The predicted octanol–water partition coefficient (Wildman–Crippen LogP) is 4.58. The number of methoxy groups -OCH3 is 2. The van der Waals surface area contributed by atoms with Crippen molar-refractivity contribution in [3.8, 4) is 11.5 Å². The van der Waals surface area contributed by atoms with Crippen LogP contribution in [0.15, 0.2) is 48.5 Å². The zero-order valence-corrected chi connectivity index (χ0v) is 22.7. The molecular weight excluding hydrogens is 480 g/mol. The lowest BCUT2D eigenvalue weighted by Gasteiger charge is -2.40. The maximum atomic E-state index is 13.7. The molecule has 1 saturated heterocycles. The maximum absolute atomic E-state index is 13.7. The van der Waals surface area contributed by atoms with Gasteiger partial charge in [-0.25, -0.2) is 0 Å². The van der Waals surface area contributed by atoms with E-state index in [9.17, 15) is 4.79 Å². The first-order valence-electron chi connectivity index (χ1n) is 12.5. The van der Waals surface area contributed by atoms with Gasteiger partial charge in [-0.1, -0.05) is 30.3 Å². The molecule has 0 saturated carbocycles. The van der Waals surface area contributed by atoms with Gasteiger partial charge in [0.05, 0.1) is 26.9 Å². The normalized spacial score (nSPS) is 17.4. The molecule has 1 amide bonds. The van der Waals surface area contributed by atoms with Crippen molar-refractivity contribution in [1.29, 1.82) is 0 Å². The Hall–Kier alpha value is -2.32. The number of hydrogen-bond donors (Lipinski definition) is 1. The zero-order valence-electron chi connectivity index (χ0n) is 21.9. The van der Waals surface area contributed by atoms with E-state index in [2.05, 4.69) is 31.3 Å². The third-order valence-corrected chi connectivity index (χ3v) is 6.23. The second-order valence-electron chi connectivity index (χ2n) is 9.28. The number of nitrogens with one attached hydrogen (secondary N) is 1. The molecule has 3 rings (SSSR count). The highest BCUT2D eigenvalue weighted by atomic mass is 35.5. The number of nitrogens with zero attached hydrogens (tertiary/aromatic N) is 1. The largest absolute Gasteiger partial charge is 0.493 e. The fraction of sp³-hybridized carbons (Fsp3) is 0.536. The molecule has 1 heterocycles. The van der Waals surface area contributed by atoms with Gasteiger partial charge in [0.25, 0.3) is 5.91 Å². The van der Waals surface area contributed by atoms with E-state index in [-0.39, 0.29) is 30.4 Å². The number of piperidine rings is 1. The summed E-state index contributed by atoms with van der Waals surface area (Å²) in [4.78, 5) is 15.7. The van der Waals surface area contributed by atoms with Crippen LogP contribution in [0, 0.1) is 5.92 Å². The van der Waals surface area contributed by atoms with Gasteiger partial charge < -0.3 is 29.2 Å². The first-order chi connectivity index (χ1) is 17.0. The van der Waals surface area contributed by atoms with Gasteiger partial charge in [-0.2, -0.15) is 0 Å². The molecule has 1 aliphatic heterocycles. The Balaban J connectivity index is 0.00000456. The summed E-state index contributed by atoms with van der Waals surface area (Å²) in [5.74, 6) is 1.54. The lowest BCUT2D eigenvalue weighted by Crippen LogP contribution is -2.54. The zero-order chi connectivity index (χ0) is 25.0. The molecule has 2 aromatic rings. The van der Waals surface area contributed by atoms with Crippen LogP contribution in [-0.4, -0.2) is 70.0 Å². The van der Waals surface area contributed by atoms with Crippen LogP contribution < -0.4 is 14.8 Å². The summed E-state index contributed by atoms with van der Waals surface area (Å²) in [7, 11) is 3.27. The molecule has 7 nitrogen and oxygen atoms in total. The summed E-state index contributed by atoms with van der Waals surface area (Å²) in [6.07, 6.45) is 1.67. The van der Waals surface area contributed by atoms with Crippen LogP contribution in [0.4, 0.5) is 0 Å². The van der Waals surface area contributed by atoms with Gasteiger partial charge in [-0.3, -0.25) is 4.79 Å². The monoisotopic (exact) mass is 520 g/mol. The Kier molecular flexibility index (Phi) is 13.1. The summed E-state index contributed by atoms with van der Waals surface area (Å²) in [6, 6.07) is 15.8. The van der Waals surface area contributed by atoms with Gasteiger partial charge in [0, 0.05) is 50.9 Å². The molecular formula is C28H41ClN2O5. The first kappa shape index (κ1) is 29.9. The quantitative estimate of drug-likeness (QED) is 0.390. The molecule has 0 spiro atoms. The van der Waals surface area contributed by atoms with Crippen molar-refractivity contribution in [2.75, 3.05) is 47.1 Å². The molecule has 2 aromatic carbocycles. The van der Waals surface area contributed by atoms with E-state index in [1.54, 1.807) is 26.4 Å². The smallest absolute Gasteiger partial charge is 0.254 e. The predicted molar refractivity (Wildman–Crippen MR) is 144 cm³/mol. The standard InChI is InChI=1S/C28H40N2O5.ClH/c1-21(2)30(25-15-23(17-29-18-25)20-34-19-22-9-6-5-7-10-22)28(31)24-11-12-26(33-4)27(16-24)35-14-8-13-32-3;/h5-7,9-12,16,21,23,25,29H,8,13-15,17-20H2,1-4H3;1H/t23-,25+;/m0./s1. The van der Waals surface area contributed by atoms with E-state index < -0.39 is 0 Å². The highest BCUT2D eigenvalue weighted by Gasteiger charge is 2.32. The van der Waals surface area contributed by atoms with Gasteiger partial charge >= 0.3 is 0 Å². The lowest BCUT2D eigenvalue weighted by atomic mass is 9.94. The average molecular weight is 521 g/mol. The van der Waals surface area contributed by atoms with Gasteiger partial charge in [0.2, 0.25) is 0 Å². The summed E-state index contributed by atoms with van der Waals surface area (Å²) in [5.41, 5.74) is 1.77. The van der Waals surface area contributed by atoms with Crippen molar-refractivity contribution in [2.24, 2.45) is 5.92 Å². The molecule has 200 valence electrons. The molecule has 36 heavy (non-hydrogen) atoms. The number of ether oxygens (including phenoxy) is 4. The molecule has 0 bridgehead atoms. The fourth-order valence-corrected chi connectivity index (χ4v) is 4.54. The van der Waals surface area contributed by atoms with Crippen molar-refractivity contribution >= 4 is 18.3 Å². The highest BCUT2D eigenvalue weighted by molar-refractivity contribution is 5.95. The number of rotatable bonds is 13. The molecule has 0 radical (unpaired) electrons. The fourth-order valence-electron chi connectivity index (χ4n) is 4.54. The maximum Gasteiger partial charge on any atom is 0.254 e. The van der Waals surface area contributed by atoms with E-state index in [4.69, 9.17) is 18.9 Å². The van der Waals surface area contributed by atoms with E-state index >= 15 is 0 Å². The molecule has 1 N–H and O–H groups in total. The van der Waals surface area contributed by atoms with Crippen LogP contribution in [0.5, 0.6) is 11.5 Å². The second-order valence-corrected chi connectivity index (χ2v) is 9.28. The van der Waals surface area contributed by atoms with Crippen LogP contribution in [-0.2, 0) is 16.1 Å². The summed E-state index contributed by atoms with van der Waals surface area (Å²) >= 11 is 0. The Morgan fingerprint density at radius 3 is 2.53 bits per heavy atom. The van der Waals surface area contributed by atoms with Gasteiger partial charge in [0.1, 0.15) is 0 Å². The Labute approximate surface area is 221 Å². The van der Waals surface area contributed by atoms with Crippen LogP contribution in [0.25, 0.3) is 0 Å². The number of carbonyl (C=O) groups is 1. The van der Waals surface area contributed by atoms with Crippen LogP contribution >= 0.6 is 12.4 Å². The topological polar surface area (TPSA) is 69.3 Å². The van der Waals surface area contributed by atoms with E-state index in [0.29, 0.717) is 49.4 Å². The summed E-state index contributed by atoms with van der Waals surface area (Å²) in [5, 5.41) is 3.51. The second kappa shape index (κ2) is 15.7. The highest BCUT2D eigenvalue weighted by Crippen LogP contribution is 2.30. The molecule has 8 heteroatoms. The van der Waals surface area contributed by atoms with Gasteiger partial charge in [0.15, 0.2) is 11.5 Å². The average Bonchev–Trinajstić information content (AvgIpc) is 2.87.